The van der Waals surface area contributed by atoms with Gasteiger partial charge in [-0.05, 0) is 37.1 Å². The van der Waals surface area contributed by atoms with Crippen molar-refractivity contribution in [1.82, 2.24) is 25.2 Å². The predicted molar refractivity (Wildman–Crippen MR) is 108 cm³/mol. The minimum Gasteiger partial charge on any atom is -0.332 e. The number of hydrazone groups is 1. The molecule has 3 heterocycles. The van der Waals surface area contributed by atoms with Gasteiger partial charge in [0.25, 0.3) is 0 Å². The molecule has 1 saturated heterocycles. The molecule has 30 heavy (non-hydrogen) atoms. The van der Waals surface area contributed by atoms with Crippen LogP contribution in [-0.2, 0) is 4.79 Å². The molecule has 2 aromatic rings. The molecule has 1 aromatic carbocycles. The summed E-state index contributed by atoms with van der Waals surface area (Å²) in [4.78, 5) is 34.8. The largest absolute Gasteiger partial charge is 0.338 e. The lowest BCUT2D eigenvalue weighted by Crippen LogP contribution is -2.46. The Morgan fingerprint density at radius 1 is 1.27 bits per heavy atom. The van der Waals surface area contributed by atoms with Gasteiger partial charge in [0.1, 0.15) is 5.82 Å². The van der Waals surface area contributed by atoms with Crippen molar-refractivity contribution >= 4 is 29.3 Å². The zero-order chi connectivity index (χ0) is 21.3. The second kappa shape index (κ2) is 8.35. The van der Waals surface area contributed by atoms with E-state index in [9.17, 15) is 14.0 Å². The first kappa shape index (κ1) is 20.2. The van der Waals surface area contributed by atoms with Crippen LogP contribution in [0.5, 0.6) is 0 Å². The average Bonchev–Trinajstić information content (AvgIpc) is 3.35. The average molecular weight is 431 g/mol. The summed E-state index contributed by atoms with van der Waals surface area (Å²) in [6.07, 6.45) is 4.34. The molecule has 3 amide bonds. The van der Waals surface area contributed by atoms with Crippen LogP contribution < -0.4 is 5.32 Å². The number of nitrogens with one attached hydrogen (secondary N) is 1. The molecule has 0 aliphatic carbocycles. The summed E-state index contributed by atoms with van der Waals surface area (Å²) >= 11 is 5.71. The number of likely N-dealkylation sites (tertiary alicyclic amines) is 1. The number of benzene rings is 1. The molecule has 2 atom stereocenters. The Kier molecular flexibility index (Phi) is 5.63. The Bertz CT molecular complexity index is 982. The quantitative estimate of drug-likeness (QED) is 0.755. The molecule has 10 heteroatoms. The summed E-state index contributed by atoms with van der Waals surface area (Å²) in [5.41, 5.74) is 1.94. The van der Waals surface area contributed by atoms with Gasteiger partial charge in [0.15, 0.2) is 0 Å². The van der Waals surface area contributed by atoms with E-state index in [1.165, 1.54) is 17.1 Å². The summed E-state index contributed by atoms with van der Waals surface area (Å²) in [5.74, 6) is -0.330. The van der Waals surface area contributed by atoms with Crippen LogP contribution in [0, 0.1) is 5.82 Å². The lowest BCUT2D eigenvalue weighted by atomic mass is 10.0. The number of hydrogen-bond acceptors (Lipinski definition) is 5. The van der Waals surface area contributed by atoms with E-state index in [0.717, 1.165) is 6.42 Å². The standard InChI is InChI=1S/C20H20ClFN6O2/c1-12(14-9-23-19(21)24-10-14)25-20(30)28-11-16(27-8-2-3-17(27)29)18(26-28)13-4-6-15(22)7-5-13/h4-7,9-10,12,16H,2-3,8,11H2,1H3,(H,25,30)/t12-,16?/m1/s1. The molecule has 0 saturated carbocycles. The van der Waals surface area contributed by atoms with Gasteiger partial charge < -0.3 is 10.2 Å². The fourth-order valence-corrected chi connectivity index (χ4v) is 3.72. The second-order valence-corrected chi connectivity index (χ2v) is 7.58. The second-order valence-electron chi connectivity index (χ2n) is 7.24. The molecule has 1 aromatic heterocycles. The van der Waals surface area contributed by atoms with Gasteiger partial charge in [-0.15, -0.1) is 0 Å². The third-order valence-corrected chi connectivity index (χ3v) is 5.43. The molecule has 0 radical (unpaired) electrons. The first-order valence-electron chi connectivity index (χ1n) is 9.62. The van der Waals surface area contributed by atoms with Crippen molar-refractivity contribution in [3.63, 3.8) is 0 Å². The smallest absolute Gasteiger partial charge is 0.332 e. The Morgan fingerprint density at radius 3 is 2.60 bits per heavy atom. The van der Waals surface area contributed by atoms with Crippen molar-refractivity contribution in [2.45, 2.75) is 31.8 Å². The first-order chi connectivity index (χ1) is 14.4. The zero-order valence-electron chi connectivity index (χ0n) is 16.3. The highest BCUT2D eigenvalue weighted by Crippen LogP contribution is 2.24. The van der Waals surface area contributed by atoms with E-state index < -0.39 is 6.03 Å². The molecular formula is C20H20ClFN6O2. The Morgan fingerprint density at radius 2 is 1.97 bits per heavy atom. The maximum absolute atomic E-state index is 13.4. The van der Waals surface area contributed by atoms with E-state index in [1.807, 2.05) is 0 Å². The summed E-state index contributed by atoms with van der Waals surface area (Å²) in [6.45, 7) is 2.64. The van der Waals surface area contributed by atoms with Crippen LogP contribution >= 0.6 is 11.6 Å². The van der Waals surface area contributed by atoms with Gasteiger partial charge in [-0.25, -0.2) is 24.2 Å². The van der Waals surface area contributed by atoms with Crippen molar-refractivity contribution in [1.29, 1.82) is 0 Å². The maximum atomic E-state index is 13.4. The van der Waals surface area contributed by atoms with Gasteiger partial charge >= 0.3 is 6.03 Å². The van der Waals surface area contributed by atoms with Crippen LogP contribution in [0.3, 0.4) is 0 Å². The van der Waals surface area contributed by atoms with E-state index in [2.05, 4.69) is 20.4 Å². The van der Waals surface area contributed by atoms with Crippen LogP contribution in [0.1, 0.15) is 36.9 Å². The zero-order valence-corrected chi connectivity index (χ0v) is 17.0. The van der Waals surface area contributed by atoms with E-state index >= 15 is 0 Å². The van der Waals surface area contributed by atoms with E-state index in [-0.39, 0.29) is 35.6 Å². The fourth-order valence-electron chi connectivity index (χ4n) is 3.62. The molecule has 2 aliphatic heterocycles. The molecule has 2 aliphatic rings. The van der Waals surface area contributed by atoms with Crippen LogP contribution in [-0.4, -0.2) is 56.7 Å². The minimum atomic E-state index is -0.411. The number of carbonyl (C=O) groups is 2. The third-order valence-electron chi connectivity index (χ3n) is 5.23. The topological polar surface area (TPSA) is 90.8 Å². The van der Waals surface area contributed by atoms with Gasteiger partial charge in [-0.3, -0.25) is 4.79 Å². The number of urea groups is 1. The number of rotatable bonds is 4. The lowest BCUT2D eigenvalue weighted by molar-refractivity contribution is -0.128. The molecule has 4 rings (SSSR count). The fraction of sp³-hybridized carbons (Fsp3) is 0.350. The Hall–Kier alpha value is -3.07. The molecule has 1 unspecified atom stereocenters. The number of amides is 3. The van der Waals surface area contributed by atoms with Crippen molar-refractivity contribution in [2.75, 3.05) is 13.1 Å². The van der Waals surface area contributed by atoms with Crippen LogP contribution in [0.25, 0.3) is 0 Å². The predicted octanol–water partition coefficient (Wildman–Crippen LogP) is 2.75. The third kappa shape index (κ3) is 4.11. The molecule has 8 nitrogen and oxygen atoms in total. The highest BCUT2D eigenvalue weighted by molar-refractivity contribution is 6.28. The molecule has 0 bridgehead atoms. The van der Waals surface area contributed by atoms with E-state index in [4.69, 9.17) is 11.6 Å². The van der Waals surface area contributed by atoms with Gasteiger partial charge in [0, 0.05) is 36.5 Å². The molecule has 1 fully saturated rings. The SMILES string of the molecule is C[C@@H](NC(=O)N1CC(N2CCCC2=O)C(c2ccc(F)cc2)=N1)c1cnc(Cl)nc1. The van der Waals surface area contributed by atoms with Crippen molar-refractivity contribution in [3.8, 4) is 0 Å². The van der Waals surface area contributed by atoms with Gasteiger partial charge in [-0.1, -0.05) is 12.1 Å². The molecule has 156 valence electrons. The molecular weight excluding hydrogens is 411 g/mol. The number of nitrogens with zero attached hydrogens (tertiary/aromatic N) is 5. The van der Waals surface area contributed by atoms with Gasteiger partial charge in [-0.2, -0.15) is 5.10 Å². The monoisotopic (exact) mass is 430 g/mol. The van der Waals surface area contributed by atoms with Gasteiger partial charge in [0.2, 0.25) is 11.2 Å². The molecule has 0 spiro atoms. The van der Waals surface area contributed by atoms with Crippen molar-refractivity contribution in [2.24, 2.45) is 5.10 Å². The van der Waals surface area contributed by atoms with E-state index in [1.54, 1.807) is 36.4 Å². The van der Waals surface area contributed by atoms with Crippen LogP contribution in [0.15, 0.2) is 41.8 Å². The first-order valence-corrected chi connectivity index (χ1v) is 9.99. The Balaban J connectivity index is 1.55. The van der Waals surface area contributed by atoms with Crippen LogP contribution in [0.4, 0.5) is 9.18 Å². The summed E-state index contributed by atoms with van der Waals surface area (Å²) in [6, 6.07) is 4.74. The van der Waals surface area contributed by atoms with Crippen molar-refractivity contribution in [3.05, 3.63) is 58.9 Å². The summed E-state index contributed by atoms with van der Waals surface area (Å²) < 4.78 is 13.4. The lowest BCUT2D eigenvalue weighted by Gasteiger charge is -2.25. The maximum Gasteiger partial charge on any atom is 0.338 e. The Labute approximate surface area is 177 Å². The summed E-state index contributed by atoms with van der Waals surface area (Å²) in [5, 5.41) is 8.77. The molecule has 1 N–H and O–H groups in total. The number of aromatic nitrogens is 2. The normalized spacial score (nSPS) is 19.8. The minimum absolute atomic E-state index is 0.0313. The number of carbonyl (C=O) groups excluding carboxylic acids is 2. The summed E-state index contributed by atoms with van der Waals surface area (Å²) in [7, 11) is 0. The van der Waals surface area contributed by atoms with Crippen LogP contribution in [0.2, 0.25) is 5.28 Å². The highest BCUT2D eigenvalue weighted by atomic mass is 35.5. The number of halogens is 2. The van der Waals surface area contributed by atoms with E-state index in [0.29, 0.717) is 29.8 Å². The number of hydrogen-bond donors (Lipinski definition) is 1. The van der Waals surface area contributed by atoms with Crippen molar-refractivity contribution < 1.29 is 14.0 Å². The van der Waals surface area contributed by atoms with Gasteiger partial charge in [0.05, 0.1) is 24.3 Å². The highest BCUT2D eigenvalue weighted by Gasteiger charge is 2.39.